The zero-order valence-electron chi connectivity index (χ0n) is 16.4. The lowest BCUT2D eigenvalue weighted by molar-refractivity contribution is 0.180. The number of methoxy groups -OCH3 is 1. The van der Waals surface area contributed by atoms with Gasteiger partial charge in [0.2, 0.25) is 0 Å². The van der Waals surface area contributed by atoms with Crippen LogP contribution >= 0.6 is 24.0 Å². The van der Waals surface area contributed by atoms with Gasteiger partial charge in [0.1, 0.15) is 0 Å². The van der Waals surface area contributed by atoms with E-state index in [1.165, 1.54) is 0 Å². The van der Waals surface area contributed by atoms with E-state index in [0.717, 1.165) is 50.0 Å². The maximum absolute atomic E-state index is 5.08. The molecule has 0 atom stereocenters. The Labute approximate surface area is 179 Å². The average Bonchev–Trinajstić information content (AvgIpc) is 3.14. The Morgan fingerprint density at radius 2 is 1.96 bits per heavy atom. The topological polar surface area (TPSA) is 66.7 Å². The molecule has 0 unspecified atom stereocenters. The number of nitrogens with one attached hydrogen (secondary N) is 2. The van der Waals surface area contributed by atoms with Gasteiger partial charge in [0.25, 0.3) is 0 Å². The van der Waals surface area contributed by atoms with Gasteiger partial charge in [-0.1, -0.05) is 18.2 Å². The molecule has 8 heteroatoms. The van der Waals surface area contributed by atoms with E-state index >= 15 is 0 Å². The molecule has 0 aliphatic heterocycles. The van der Waals surface area contributed by atoms with Crippen molar-refractivity contribution in [3.63, 3.8) is 0 Å². The van der Waals surface area contributed by atoms with Gasteiger partial charge in [0.05, 0.1) is 17.9 Å². The number of hydrogen-bond acceptors (Lipinski definition) is 4. The van der Waals surface area contributed by atoms with Crippen LogP contribution in [0.2, 0.25) is 0 Å². The van der Waals surface area contributed by atoms with E-state index in [2.05, 4.69) is 32.7 Å². The van der Waals surface area contributed by atoms with Crippen LogP contribution in [-0.4, -0.2) is 68.1 Å². The summed E-state index contributed by atoms with van der Waals surface area (Å²) >= 11 is 0. The number of aliphatic imine (C=N–C) groups is 1. The Hall–Kier alpha value is -1.65. The maximum Gasteiger partial charge on any atom is 0.191 e. The summed E-state index contributed by atoms with van der Waals surface area (Å²) in [5.74, 6) is 0.782. The zero-order valence-corrected chi connectivity index (χ0v) is 18.7. The van der Waals surface area contributed by atoms with Crippen molar-refractivity contribution in [3.8, 4) is 5.69 Å². The SMILES string of the molecule is CN=C(NCCN(C)CCCOC)NCc1ccn(-c2ccccc2)n1.I. The molecular formula is C19H31IN6O. The molecule has 0 saturated carbocycles. The van der Waals surface area contributed by atoms with E-state index in [0.29, 0.717) is 6.54 Å². The van der Waals surface area contributed by atoms with E-state index < -0.39 is 0 Å². The van der Waals surface area contributed by atoms with Crippen molar-refractivity contribution in [2.45, 2.75) is 13.0 Å². The average molecular weight is 486 g/mol. The molecule has 0 aliphatic rings. The summed E-state index contributed by atoms with van der Waals surface area (Å²) in [6.07, 6.45) is 3.02. The van der Waals surface area contributed by atoms with Crippen LogP contribution in [-0.2, 0) is 11.3 Å². The van der Waals surface area contributed by atoms with E-state index in [-0.39, 0.29) is 24.0 Å². The maximum atomic E-state index is 5.08. The molecule has 2 aromatic rings. The second-order valence-corrected chi connectivity index (χ2v) is 6.09. The van der Waals surface area contributed by atoms with Gasteiger partial charge in [-0.25, -0.2) is 4.68 Å². The molecule has 27 heavy (non-hydrogen) atoms. The van der Waals surface area contributed by atoms with Crippen LogP contribution in [0.15, 0.2) is 47.6 Å². The molecule has 0 aliphatic carbocycles. The number of nitrogens with zero attached hydrogens (tertiary/aromatic N) is 4. The van der Waals surface area contributed by atoms with Gasteiger partial charge in [-0.3, -0.25) is 4.99 Å². The molecular weight excluding hydrogens is 455 g/mol. The first kappa shape index (κ1) is 23.4. The number of guanidine groups is 1. The standard InChI is InChI=1S/C19H30N6O.HI/c1-20-19(21-11-14-24(2)12-7-15-26-3)22-16-17-10-13-25(23-17)18-8-5-4-6-9-18;/h4-6,8-10,13H,7,11-12,14-16H2,1-3H3,(H2,20,21,22);1H. The monoisotopic (exact) mass is 486 g/mol. The summed E-state index contributed by atoms with van der Waals surface area (Å²) in [7, 11) is 5.63. The van der Waals surface area contributed by atoms with Crippen LogP contribution in [0.4, 0.5) is 0 Å². The lowest BCUT2D eigenvalue weighted by atomic mass is 10.3. The molecule has 0 radical (unpaired) electrons. The molecule has 0 amide bonds. The summed E-state index contributed by atoms with van der Waals surface area (Å²) in [5, 5.41) is 11.2. The van der Waals surface area contributed by atoms with Crippen molar-refractivity contribution in [3.05, 3.63) is 48.3 Å². The highest BCUT2D eigenvalue weighted by atomic mass is 127. The number of hydrogen-bond donors (Lipinski definition) is 2. The number of para-hydroxylation sites is 1. The second-order valence-electron chi connectivity index (χ2n) is 6.09. The first-order valence-electron chi connectivity index (χ1n) is 8.95. The van der Waals surface area contributed by atoms with Gasteiger partial charge < -0.3 is 20.3 Å². The van der Waals surface area contributed by atoms with E-state index in [1.54, 1.807) is 14.2 Å². The molecule has 0 fully saturated rings. The fraction of sp³-hybridized carbons (Fsp3) is 0.474. The first-order chi connectivity index (χ1) is 12.7. The van der Waals surface area contributed by atoms with E-state index in [4.69, 9.17) is 4.74 Å². The second kappa shape index (κ2) is 13.5. The molecule has 1 aromatic carbocycles. The van der Waals surface area contributed by atoms with E-state index in [1.807, 2.05) is 47.3 Å². The highest BCUT2D eigenvalue weighted by molar-refractivity contribution is 14.0. The molecule has 0 spiro atoms. The number of benzene rings is 1. The van der Waals surface area contributed by atoms with Crippen LogP contribution in [0.3, 0.4) is 0 Å². The molecule has 1 aromatic heterocycles. The minimum absolute atomic E-state index is 0. The molecule has 150 valence electrons. The predicted molar refractivity (Wildman–Crippen MR) is 121 cm³/mol. The summed E-state index contributed by atoms with van der Waals surface area (Å²) in [4.78, 5) is 6.54. The molecule has 1 heterocycles. The van der Waals surface area contributed by atoms with Crippen LogP contribution in [0.25, 0.3) is 5.69 Å². The van der Waals surface area contributed by atoms with Crippen molar-refractivity contribution in [1.82, 2.24) is 25.3 Å². The molecule has 2 N–H and O–H groups in total. The lowest BCUT2D eigenvalue weighted by Gasteiger charge is -2.17. The third-order valence-corrected chi connectivity index (χ3v) is 4.00. The van der Waals surface area contributed by atoms with E-state index in [9.17, 15) is 0 Å². The Morgan fingerprint density at radius 3 is 2.67 bits per heavy atom. The third kappa shape index (κ3) is 8.72. The highest BCUT2D eigenvalue weighted by Crippen LogP contribution is 2.06. The van der Waals surface area contributed by atoms with Gasteiger partial charge in [0.15, 0.2) is 5.96 Å². The van der Waals surface area contributed by atoms with Gasteiger partial charge >= 0.3 is 0 Å². The van der Waals surface area contributed by atoms with Crippen molar-refractivity contribution in [2.24, 2.45) is 4.99 Å². The third-order valence-electron chi connectivity index (χ3n) is 4.00. The number of aromatic nitrogens is 2. The van der Waals surface area contributed by atoms with Crippen LogP contribution in [0.5, 0.6) is 0 Å². The number of ether oxygens (including phenoxy) is 1. The zero-order chi connectivity index (χ0) is 18.6. The molecule has 0 saturated heterocycles. The summed E-state index contributed by atoms with van der Waals surface area (Å²) in [6, 6.07) is 12.1. The number of likely N-dealkylation sites (N-methyl/N-ethyl adjacent to an activating group) is 1. The predicted octanol–water partition coefficient (Wildman–Crippen LogP) is 2.12. The van der Waals surface area contributed by atoms with Crippen molar-refractivity contribution >= 4 is 29.9 Å². The summed E-state index contributed by atoms with van der Waals surface area (Å²) in [6.45, 7) is 4.24. The smallest absolute Gasteiger partial charge is 0.191 e. The Balaban J connectivity index is 0.00000364. The number of halogens is 1. The summed E-state index contributed by atoms with van der Waals surface area (Å²) < 4.78 is 6.95. The minimum atomic E-state index is 0. The molecule has 2 rings (SSSR count). The highest BCUT2D eigenvalue weighted by Gasteiger charge is 2.04. The quantitative estimate of drug-likeness (QED) is 0.233. The Kier molecular flexibility index (Phi) is 11.7. The van der Waals surface area contributed by atoms with Crippen LogP contribution in [0, 0.1) is 0 Å². The lowest BCUT2D eigenvalue weighted by Crippen LogP contribution is -2.40. The summed E-state index contributed by atoms with van der Waals surface area (Å²) in [5.41, 5.74) is 2.02. The number of rotatable bonds is 10. The fourth-order valence-electron chi connectivity index (χ4n) is 2.53. The molecule has 0 bridgehead atoms. The Bertz CT molecular complexity index is 661. The molecule has 7 nitrogen and oxygen atoms in total. The van der Waals surface area contributed by atoms with Gasteiger partial charge in [0, 0.05) is 46.6 Å². The Morgan fingerprint density at radius 1 is 1.19 bits per heavy atom. The van der Waals surface area contributed by atoms with Gasteiger partial charge in [-0.2, -0.15) is 5.10 Å². The fourth-order valence-corrected chi connectivity index (χ4v) is 2.53. The van der Waals surface area contributed by atoms with Gasteiger partial charge in [-0.15, -0.1) is 24.0 Å². The van der Waals surface area contributed by atoms with Crippen molar-refractivity contribution < 1.29 is 4.74 Å². The largest absolute Gasteiger partial charge is 0.385 e. The van der Waals surface area contributed by atoms with Crippen molar-refractivity contribution in [1.29, 1.82) is 0 Å². The van der Waals surface area contributed by atoms with Crippen LogP contribution in [0.1, 0.15) is 12.1 Å². The normalized spacial score (nSPS) is 11.3. The van der Waals surface area contributed by atoms with Crippen LogP contribution < -0.4 is 10.6 Å². The van der Waals surface area contributed by atoms with Crippen molar-refractivity contribution in [2.75, 3.05) is 47.4 Å². The van der Waals surface area contributed by atoms with Gasteiger partial charge in [-0.05, 0) is 31.7 Å². The minimum Gasteiger partial charge on any atom is -0.385 e. The first-order valence-corrected chi connectivity index (χ1v) is 8.95.